The van der Waals surface area contributed by atoms with E-state index in [1.807, 2.05) is 5.38 Å². The molecule has 1 unspecified atom stereocenters. The van der Waals surface area contributed by atoms with Crippen molar-refractivity contribution in [2.45, 2.75) is 13.0 Å². The molecule has 1 atom stereocenters. The molecular formula is C12H18N4O3S. The molecule has 2 N–H and O–H groups in total. The molecular weight excluding hydrogens is 280 g/mol. The highest BCUT2D eigenvalue weighted by molar-refractivity contribution is 7.13. The number of rotatable bonds is 5. The van der Waals surface area contributed by atoms with Gasteiger partial charge in [0.1, 0.15) is 6.04 Å². The second-order valence-corrected chi connectivity index (χ2v) is 5.57. The lowest BCUT2D eigenvalue weighted by molar-refractivity contribution is -0.142. The highest BCUT2D eigenvalue weighted by Crippen LogP contribution is 2.18. The number of carbonyl (C=O) groups is 2. The van der Waals surface area contributed by atoms with Crippen molar-refractivity contribution in [3.05, 3.63) is 11.6 Å². The van der Waals surface area contributed by atoms with E-state index in [0.29, 0.717) is 6.54 Å². The zero-order chi connectivity index (χ0) is 14.5. The molecule has 20 heavy (non-hydrogen) atoms. The van der Waals surface area contributed by atoms with E-state index in [1.165, 1.54) is 6.92 Å². The van der Waals surface area contributed by atoms with Crippen molar-refractivity contribution in [1.29, 1.82) is 0 Å². The standard InChI is InChI=1S/C12H18N4O3S/c1-9(17)14-10(11(18)19)8-15-3-5-16(6-4-15)12-13-2-7-20-12/h2,7,10H,3-6,8H2,1H3,(H,14,17)(H,18,19). The number of nitrogens with one attached hydrogen (secondary N) is 1. The van der Waals surface area contributed by atoms with Crippen LogP contribution in [-0.4, -0.2) is 65.6 Å². The summed E-state index contributed by atoms with van der Waals surface area (Å²) in [6.45, 7) is 4.84. The van der Waals surface area contributed by atoms with Crippen LogP contribution < -0.4 is 10.2 Å². The van der Waals surface area contributed by atoms with Gasteiger partial charge in [0.2, 0.25) is 5.91 Å². The van der Waals surface area contributed by atoms with Crippen LogP contribution in [0.25, 0.3) is 0 Å². The first-order chi connectivity index (χ1) is 9.56. The van der Waals surface area contributed by atoms with E-state index >= 15 is 0 Å². The minimum absolute atomic E-state index is 0.321. The smallest absolute Gasteiger partial charge is 0.327 e. The average Bonchev–Trinajstić information content (AvgIpc) is 2.92. The molecule has 0 aromatic carbocycles. The van der Waals surface area contributed by atoms with E-state index < -0.39 is 12.0 Å². The molecule has 1 aliphatic heterocycles. The molecule has 0 bridgehead atoms. The van der Waals surface area contributed by atoms with Crippen LogP contribution in [0.1, 0.15) is 6.92 Å². The maximum absolute atomic E-state index is 11.1. The molecule has 1 amide bonds. The lowest BCUT2D eigenvalue weighted by atomic mass is 10.2. The summed E-state index contributed by atoms with van der Waals surface area (Å²) >= 11 is 1.60. The Labute approximate surface area is 121 Å². The minimum Gasteiger partial charge on any atom is -0.480 e. The molecule has 1 fully saturated rings. The van der Waals surface area contributed by atoms with Gasteiger partial charge in [0.15, 0.2) is 5.13 Å². The molecule has 0 saturated carbocycles. The van der Waals surface area contributed by atoms with Gasteiger partial charge in [0.25, 0.3) is 0 Å². The zero-order valence-electron chi connectivity index (χ0n) is 11.3. The van der Waals surface area contributed by atoms with Gasteiger partial charge in [0.05, 0.1) is 0 Å². The Bertz CT molecular complexity index is 457. The van der Waals surface area contributed by atoms with Gasteiger partial charge in [-0.1, -0.05) is 0 Å². The Morgan fingerprint density at radius 1 is 1.45 bits per heavy atom. The largest absolute Gasteiger partial charge is 0.480 e. The molecule has 0 spiro atoms. The van der Waals surface area contributed by atoms with Crippen molar-refractivity contribution in [3.63, 3.8) is 0 Å². The molecule has 1 aromatic heterocycles. The average molecular weight is 298 g/mol. The van der Waals surface area contributed by atoms with E-state index in [0.717, 1.165) is 31.3 Å². The topological polar surface area (TPSA) is 85.8 Å². The van der Waals surface area contributed by atoms with E-state index in [9.17, 15) is 9.59 Å². The molecule has 0 radical (unpaired) electrons. The lowest BCUT2D eigenvalue weighted by Crippen LogP contribution is -2.53. The summed E-state index contributed by atoms with van der Waals surface area (Å²) in [5.74, 6) is -1.32. The highest BCUT2D eigenvalue weighted by atomic mass is 32.1. The normalized spacial score (nSPS) is 17.8. The fraction of sp³-hybridized carbons (Fsp3) is 0.583. The first-order valence-electron chi connectivity index (χ1n) is 6.43. The van der Waals surface area contributed by atoms with Gasteiger partial charge >= 0.3 is 5.97 Å². The van der Waals surface area contributed by atoms with Crippen LogP contribution in [-0.2, 0) is 9.59 Å². The second-order valence-electron chi connectivity index (χ2n) is 4.69. The molecule has 0 aliphatic carbocycles. The van der Waals surface area contributed by atoms with Crippen LogP contribution in [0.5, 0.6) is 0 Å². The lowest BCUT2D eigenvalue weighted by Gasteiger charge is -2.35. The second kappa shape index (κ2) is 6.67. The third kappa shape index (κ3) is 3.91. The molecule has 8 heteroatoms. The number of piperazine rings is 1. The van der Waals surface area contributed by atoms with E-state index in [2.05, 4.69) is 20.1 Å². The van der Waals surface area contributed by atoms with Crippen LogP contribution in [0.4, 0.5) is 5.13 Å². The zero-order valence-corrected chi connectivity index (χ0v) is 12.1. The highest BCUT2D eigenvalue weighted by Gasteiger charge is 2.25. The Kier molecular flexibility index (Phi) is 4.91. The number of carboxylic acids is 1. The molecule has 2 heterocycles. The third-order valence-corrected chi connectivity index (χ3v) is 4.01. The van der Waals surface area contributed by atoms with Crippen molar-refractivity contribution in [1.82, 2.24) is 15.2 Å². The number of hydrogen-bond acceptors (Lipinski definition) is 6. The number of carbonyl (C=O) groups excluding carboxylic acids is 1. The molecule has 7 nitrogen and oxygen atoms in total. The fourth-order valence-corrected chi connectivity index (χ4v) is 2.88. The van der Waals surface area contributed by atoms with Crippen molar-refractivity contribution in [2.24, 2.45) is 0 Å². The fourth-order valence-electron chi connectivity index (χ4n) is 2.18. The SMILES string of the molecule is CC(=O)NC(CN1CCN(c2nccs2)CC1)C(=O)O. The van der Waals surface area contributed by atoms with E-state index in [-0.39, 0.29) is 5.91 Å². The molecule has 110 valence electrons. The van der Waals surface area contributed by atoms with Crippen molar-refractivity contribution < 1.29 is 14.7 Å². The van der Waals surface area contributed by atoms with Crippen LogP contribution in [0.3, 0.4) is 0 Å². The van der Waals surface area contributed by atoms with Crippen LogP contribution in [0.2, 0.25) is 0 Å². The number of amides is 1. The van der Waals surface area contributed by atoms with Gasteiger partial charge in [-0.25, -0.2) is 9.78 Å². The van der Waals surface area contributed by atoms with Gasteiger partial charge < -0.3 is 15.3 Å². The number of nitrogens with zero attached hydrogens (tertiary/aromatic N) is 3. The molecule has 1 aliphatic rings. The monoisotopic (exact) mass is 298 g/mol. The molecule has 1 saturated heterocycles. The maximum atomic E-state index is 11.1. The van der Waals surface area contributed by atoms with Crippen LogP contribution in [0.15, 0.2) is 11.6 Å². The Balaban J connectivity index is 1.84. The first kappa shape index (κ1) is 14.7. The van der Waals surface area contributed by atoms with Gasteiger partial charge in [-0.15, -0.1) is 11.3 Å². The number of hydrogen-bond donors (Lipinski definition) is 2. The van der Waals surface area contributed by atoms with Gasteiger partial charge in [0, 0.05) is 51.2 Å². The maximum Gasteiger partial charge on any atom is 0.327 e. The third-order valence-electron chi connectivity index (χ3n) is 3.18. The summed E-state index contributed by atoms with van der Waals surface area (Å²) in [4.78, 5) is 30.6. The summed E-state index contributed by atoms with van der Waals surface area (Å²) in [5, 5.41) is 14.5. The predicted molar refractivity (Wildman–Crippen MR) is 76.0 cm³/mol. The van der Waals surface area contributed by atoms with Crippen molar-refractivity contribution in [3.8, 4) is 0 Å². The Hall–Kier alpha value is -1.67. The summed E-state index contributed by atoms with van der Waals surface area (Å²) < 4.78 is 0. The van der Waals surface area contributed by atoms with Crippen molar-refractivity contribution in [2.75, 3.05) is 37.6 Å². The predicted octanol–water partition coefficient (Wildman–Crippen LogP) is -0.146. The summed E-state index contributed by atoms with van der Waals surface area (Å²) in [6, 6.07) is -0.848. The summed E-state index contributed by atoms with van der Waals surface area (Å²) in [6.07, 6.45) is 1.78. The summed E-state index contributed by atoms with van der Waals surface area (Å²) in [5.41, 5.74) is 0. The minimum atomic E-state index is -0.998. The first-order valence-corrected chi connectivity index (χ1v) is 7.31. The number of aliphatic carboxylic acids is 1. The Morgan fingerprint density at radius 3 is 2.65 bits per heavy atom. The molecule has 1 aromatic rings. The number of anilines is 1. The van der Waals surface area contributed by atoms with Crippen molar-refractivity contribution >= 4 is 28.3 Å². The van der Waals surface area contributed by atoms with Gasteiger partial charge in [-0.3, -0.25) is 9.69 Å². The molecule has 2 rings (SSSR count). The van der Waals surface area contributed by atoms with Crippen LogP contribution in [0, 0.1) is 0 Å². The number of aromatic nitrogens is 1. The Morgan fingerprint density at radius 2 is 2.15 bits per heavy atom. The quantitative estimate of drug-likeness (QED) is 0.786. The summed E-state index contributed by atoms with van der Waals surface area (Å²) in [7, 11) is 0. The van der Waals surface area contributed by atoms with E-state index in [1.54, 1.807) is 17.5 Å². The van der Waals surface area contributed by atoms with Gasteiger partial charge in [-0.2, -0.15) is 0 Å². The number of carboxylic acid groups (broad SMARTS) is 1. The van der Waals surface area contributed by atoms with Gasteiger partial charge in [-0.05, 0) is 0 Å². The van der Waals surface area contributed by atoms with E-state index in [4.69, 9.17) is 5.11 Å². The number of thiazole rings is 1. The van der Waals surface area contributed by atoms with Crippen LogP contribution >= 0.6 is 11.3 Å².